The molecule has 0 aromatic heterocycles. The lowest BCUT2D eigenvalue weighted by molar-refractivity contribution is 0.176. The Balaban J connectivity index is 2.33. The van der Waals surface area contributed by atoms with E-state index in [1.165, 1.54) is 19.2 Å². The number of methoxy groups -OCH3 is 1. The molecule has 2 atom stereocenters. The second-order valence-electron chi connectivity index (χ2n) is 5.15. The molecule has 0 spiro atoms. The normalized spacial score (nSPS) is 24.1. The molecular weight excluding hydrogens is 250 g/mol. The predicted molar refractivity (Wildman–Crippen MR) is 69.6 cm³/mol. The number of hydrogen-bond donors (Lipinski definition) is 1. The number of likely N-dealkylation sites (tertiary alicyclic amines) is 1. The Kier molecular flexibility index (Phi) is 4.50. The SMILES string of the molecule is COCc1c(F)ccc(C2CC(CN)CN2C)c1F. The van der Waals surface area contributed by atoms with Crippen LogP contribution in [0.2, 0.25) is 0 Å². The molecule has 0 amide bonds. The quantitative estimate of drug-likeness (QED) is 0.910. The second kappa shape index (κ2) is 5.94. The highest BCUT2D eigenvalue weighted by molar-refractivity contribution is 5.30. The summed E-state index contributed by atoms with van der Waals surface area (Å²) in [6, 6.07) is 2.81. The van der Waals surface area contributed by atoms with Crippen LogP contribution in [0, 0.1) is 17.6 Å². The van der Waals surface area contributed by atoms with E-state index in [0.717, 1.165) is 13.0 Å². The maximum atomic E-state index is 14.4. The van der Waals surface area contributed by atoms with Crippen LogP contribution in [0.25, 0.3) is 0 Å². The molecule has 0 bridgehead atoms. The van der Waals surface area contributed by atoms with Crippen molar-refractivity contribution in [1.29, 1.82) is 0 Å². The lowest BCUT2D eigenvalue weighted by Crippen LogP contribution is -2.21. The maximum absolute atomic E-state index is 14.4. The van der Waals surface area contributed by atoms with Gasteiger partial charge in [0.1, 0.15) is 11.6 Å². The van der Waals surface area contributed by atoms with Gasteiger partial charge in [0, 0.05) is 30.8 Å². The zero-order valence-corrected chi connectivity index (χ0v) is 11.3. The van der Waals surface area contributed by atoms with Crippen molar-refractivity contribution in [3.05, 3.63) is 34.9 Å². The number of nitrogens with zero attached hydrogens (tertiary/aromatic N) is 1. The Morgan fingerprint density at radius 2 is 2.16 bits per heavy atom. The van der Waals surface area contributed by atoms with Gasteiger partial charge >= 0.3 is 0 Å². The van der Waals surface area contributed by atoms with Gasteiger partial charge in [-0.25, -0.2) is 8.78 Å². The predicted octanol–water partition coefficient (Wildman–Crippen LogP) is 2.06. The van der Waals surface area contributed by atoms with Crippen LogP contribution in [0.15, 0.2) is 12.1 Å². The fraction of sp³-hybridized carbons (Fsp3) is 0.571. The van der Waals surface area contributed by atoms with Gasteiger partial charge < -0.3 is 10.5 Å². The van der Waals surface area contributed by atoms with Crippen LogP contribution in [-0.4, -0.2) is 32.1 Å². The van der Waals surface area contributed by atoms with E-state index in [9.17, 15) is 8.78 Å². The third kappa shape index (κ3) is 2.78. The molecule has 0 aliphatic carbocycles. The van der Waals surface area contributed by atoms with Crippen molar-refractivity contribution in [3.63, 3.8) is 0 Å². The Bertz CT molecular complexity index is 453. The van der Waals surface area contributed by atoms with E-state index < -0.39 is 11.6 Å². The third-order valence-electron chi connectivity index (χ3n) is 3.83. The van der Waals surface area contributed by atoms with E-state index in [4.69, 9.17) is 10.5 Å². The summed E-state index contributed by atoms with van der Waals surface area (Å²) in [4.78, 5) is 2.07. The number of rotatable bonds is 4. The Labute approximate surface area is 112 Å². The Morgan fingerprint density at radius 1 is 1.42 bits per heavy atom. The van der Waals surface area contributed by atoms with Crippen LogP contribution in [0.3, 0.4) is 0 Å². The first-order valence-electron chi connectivity index (χ1n) is 6.44. The molecule has 5 heteroatoms. The highest BCUT2D eigenvalue weighted by atomic mass is 19.1. The molecule has 1 saturated heterocycles. The van der Waals surface area contributed by atoms with Gasteiger partial charge in [0.05, 0.1) is 6.61 Å². The van der Waals surface area contributed by atoms with Crippen molar-refractivity contribution in [2.45, 2.75) is 19.1 Å². The molecule has 2 N–H and O–H groups in total. The lowest BCUT2D eigenvalue weighted by Gasteiger charge is -2.21. The van der Waals surface area contributed by atoms with E-state index in [1.807, 2.05) is 7.05 Å². The fourth-order valence-electron chi connectivity index (χ4n) is 2.79. The minimum absolute atomic E-state index is 0.00426. The van der Waals surface area contributed by atoms with Crippen LogP contribution < -0.4 is 5.73 Å². The van der Waals surface area contributed by atoms with Crippen LogP contribution in [0.1, 0.15) is 23.6 Å². The standard InChI is InChI=1S/C14H20F2N2O/c1-18-7-9(6-17)5-13(18)10-3-4-12(15)11(8-19-2)14(10)16/h3-4,9,13H,5-8,17H2,1-2H3. The summed E-state index contributed by atoms with van der Waals surface area (Å²) in [6.45, 7) is 1.38. The summed E-state index contributed by atoms with van der Waals surface area (Å²) < 4.78 is 32.9. The molecule has 1 aromatic rings. The highest BCUT2D eigenvalue weighted by Crippen LogP contribution is 2.36. The van der Waals surface area contributed by atoms with Crippen molar-refractivity contribution < 1.29 is 13.5 Å². The summed E-state index contributed by atoms with van der Waals surface area (Å²) >= 11 is 0. The van der Waals surface area contributed by atoms with Gasteiger partial charge in [0.15, 0.2) is 0 Å². The van der Waals surface area contributed by atoms with Crippen LogP contribution in [0.5, 0.6) is 0 Å². The molecule has 1 heterocycles. The second-order valence-corrected chi connectivity index (χ2v) is 5.15. The smallest absolute Gasteiger partial charge is 0.136 e. The number of nitrogens with two attached hydrogens (primary N) is 1. The van der Waals surface area contributed by atoms with Crippen molar-refractivity contribution >= 4 is 0 Å². The van der Waals surface area contributed by atoms with Crippen molar-refractivity contribution in [1.82, 2.24) is 4.90 Å². The number of ether oxygens (including phenoxy) is 1. The molecule has 3 nitrogen and oxygen atoms in total. The Morgan fingerprint density at radius 3 is 2.74 bits per heavy atom. The minimum atomic E-state index is -0.556. The molecule has 0 saturated carbocycles. The first kappa shape index (κ1) is 14.4. The molecule has 1 fully saturated rings. The summed E-state index contributed by atoms with van der Waals surface area (Å²) in [5.74, 6) is -0.680. The monoisotopic (exact) mass is 270 g/mol. The average molecular weight is 270 g/mol. The molecular formula is C14H20F2N2O. The molecule has 19 heavy (non-hydrogen) atoms. The van der Waals surface area contributed by atoms with Crippen LogP contribution in [-0.2, 0) is 11.3 Å². The summed E-state index contributed by atoms with van der Waals surface area (Å²) in [6.07, 6.45) is 0.808. The van der Waals surface area contributed by atoms with Crippen LogP contribution >= 0.6 is 0 Å². The Hall–Kier alpha value is -1.04. The fourth-order valence-corrected chi connectivity index (χ4v) is 2.79. The topological polar surface area (TPSA) is 38.5 Å². The summed E-state index contributed by atoms with van der Waals surface area (Å²) in [5.41, 5.74) is 6.21. The van der Waals surface area contributed by atoms with Gasteiger partial charge in [-0.2, -0.15) is 0 Å². The third-order valence-corrected chi connectivity index (χ3v) is 3.83. The van der Waals surface area contributed by atoms with Gasteiger partial charge in [-0.1, -0.05) is 6.07 Å². The zero-order valence-electron chi connectivity index (χ0n) is 11.3. The molecule has 0 radical (unpaired) electrons. The average Bonchev–Trinajstić information content (AvgIpc) is 2.76. The van der Waals surface area contributed by atoms with E-state index in [1.54, 1.807) is 0 Å². The first-order chi connectivity index (χ1) is 9.08. The van der Waals surface area contributed by atoms with Crippen molar-refractivity contribution in [3.8, 4) is 0 Å². The number of halogens is 2. The number of benzene rings is 1. The van der Waals surface area contributed by atoms with Crippen LogP contribution in [0.4, 0.5) is 8.78 Å². The lowest BCUT2D eigenvalue weighted by atomic mass is 9.97. The van der Waals surface area contributed by atoms with E-state index in [0.29, 0.717) is 18.0 Å². The summed E-state index contributed by atoms with van der Waals surface area (Å²) in [7, 11) is 3.37. The highest BCUT2D eigenvalue weighted by Gasteiger charge is 2.32. The van der Waals surface area contributed by atoms with E-state index in [2.05, 4.69) is 4.90 Å². The number of hydrogen-bond acceptors (Lipinski definition) is 3. The zero-order chi connectivity index (χ0) is 14.0. The maximum Gasteiger partial charge on any atom is 0.136 e. The molecule has 1 aromatic carbocycles. The molecule has 1 aliphatic heterocycles. The molecule has 106 valence electrons. The summed E-state index contributed by atoms with van der Waals surface area (Å²) in [5, 5.41) is 0. The minimum Gasteiger partial charge on any atom is -0.380 e. The van der Waals surface area contributed by atoms with E-state index >= 15 is 0 Å². The van der Waals surface area contributed by atoms with Crippen molar-refractivity contribution in [2.75, 3.05) is 27.2 Å². The van der Waals surface area contributed by atoms with Gasteiger partial charge in [-0.05, 0) is 32.0 Å². The molecule has 1 aliphatic rings. The molecule has 2 unspecified atom stereocenters. The van der Waals surface area contributed by atoms with Gasteiger partial charge in [0.2, 0.25) is 0 Å². The molecule has 2 rings (SSSR count). The van der Waals surface area contributed by atoms with Gasteiger partial charge in [-0.3, -0.25) is 4.90 Å². The van der Waals surface area contributed by atoms with Gasteiger partial charge in [-0.15, -0.1) is 0 Å². The largest absolute Gasteiger partial charge is 0.380 e. The first-order valence-corrected chi connectivity index (χ1v) is 6.44. The van der Waals surface area contributed by atoms with E-state index in [-0.39, 0.29) is 18.2 Å². The van der Waals surface area contributed by atoms with Gasteiger partial charge in [0.25, 0.3) is 0 Å². The van der Waals surface area contributed by atoms with Crippen molar-refractivity contribution in [2.24, 2.45) is 11.7 Å².